The molecule has 1 atom stereocenters. The largest absolute Gasteiger partial charge is 0.416 e. The van der Waals surface area contributed by atoms with Crippen LogP contribution in [0.1, 0.15) is 30.4 Å². The molecule has 0 aromatic heterocycles. The minimum Gasteiger partial charge on any atom is -0.374 e. The van der Waals surface area contributed by atoms with Gasteiger partial charge >= 0.3 is 6.18 Å². The molecule has 0 aliphatic carbocycles. The van der Waals surface area contributed by atoms with Gasteiger partial charge in [-0.05, 0) is 24.5 Å². The molecule has 0 spiro atoms. The van der Waals surface area contributed by atoms with Crippen LogP contribution in [0.25, 0.3) is 0 Å². The zero-order valence-electron chi connectivity index (χ0n) is 15.0. The van der Waals surface area contributed by atoms with Crippen LogP contribution in [0.15, 0.2) is 24.3 Å². The van der Waals surface area contributed by atoms with Crippen molar-refractivity contribution in [2.24, 2.45) is 0 Å². The van der Waals surface area contributed by atoms with Gasteiger partial charge in [-0.3, -0.25) is 9.59 Å². The molecule has 27 heavy (non-hydrogen) atoms. The van der Waals surface area contributed by atoms with Crippen LogP contribution in [0.3, 0.4) is 0 Å². The first-order valence-electron chi connectivity index (χ1n) is 9.16. The molecular formula is C19H23F3N2O3. The van der Waals surface area contributed by atoms with Crippen LogP contribution in [0.5, 0.6) is 0 Å². The van der Waals surface area contributed by atoms with Crippen LogP contribution in [0, 0.1) is 0 Å². The van der Waals surface area contributed by atoms with E-state index in [1.54, 1.807) is 15.9 Å². The Morgan fingerprint density at radius 3 is 2.78 bits per heavy atom. The first kappa shape index (κ1) is 19.7. The van der Waals surface area contributed by atoms with Gasteiger partial charge in [-0.25, -0.2) is 0 Å². The lowest BCUT2D eigenvalue weighted by Crippen LogP contribution is -2.51. The fourth-order valence-corrected chi connectivity index (χ4v) is 3.50. The van der Waals surface area contributed by atoms with Crippen LogP contribution in [0.2, 0.25) is 0 Å². The lowest BCUT2D eigenvalue weighted by molar-refractivity contribution is -0.146. The van der Waals surface area contributed by atoms with Crippen molar-refractivity contribution in [3.63, 3.8) is 0 Å². The Labute approximate surface area is 156 Å². The Bertz CT molecular complexity index is 693. The van der Waals surface area contributed by atoms with E-state index in [1.807, 2.05) is 0 Å². The second kappa shape index (κ2) is 8.29. The second-order valence-electron chi connectivity index (χ2n) is 7.01. The molecule has 1 aromatic carbocycles. The third-order valence-electron chi connectivity index (χ3n) is 4.96. The van der Waals surface area contributed by atoms with Crippen molar-refractivity contribution < 1.29 is 27.5 Å². The number of hydrogen-bond donors (Lipinski definition) is 0. The van der Waals surface area contributed by atoms with Crippen LogP contribution in [0.4, 0.5) is 13.2 Å². The van der Waals surface area contributed by atoms with Crippen molar-refractivity contribution in [2.75, 3.05) is 32.8 Å². The van der Waals surface area contributed by atoms with Gasteiger partial charge in [0.1, 0.15) is 0 Å². The van der Waals surface area contributed by atoms with Crippen molar-refractivity contribution in [2.45, 2.75) is 38.0 Å². The van der Waals surface area contributed by atoms with Gasteiger partial charge in [0.25, 0.3) is 0 Å². The maximum absolute atomic E-state index is 12.9. The summed E-state index contributed by atoms with van der Waals surface area (Å²) in [5, 5.41) is 0. The fraction of sp³-hybridized carbons (Fsp3) is 0.579. The van der Waals surface area contributed by atoms with E-state index in [1.165, 1.54) is 6.07 Å². The Hall–Kier alpha value is -2.09. The monoisotopic (exact) mass is 384 g/mol. The lowest BCUT2D eigenvalue weighted by Gasteiger charge is -2.35. The van der Waals surface area contributed by atoms with Crippen LogP contribution >= 0.6 is 0 Å². The highest BCUT2D eigenvalue weighted by Crippen LogP contribution is 2.30. The Balaban J connectivity index is 1.57. The number of benzene rings is 1. The first-order chi connectivity index (χ1) is 12.8. The molecule has 2 heterocycles. The zero-order chi connectivity index (χ0) is 19.4. The molecule has 0 N–H and O–H groups in total. The summed E-state index contributed by atoms with van der Waals surface area (Å²) in [4.78, 5) is 27.6. The third kappa shape index (κ3) is 5.22. The molecule has 0 saturated carbocycles. The van der Waals surface area contributed by atoms with Crippen molar-refractivity contribution in [1.29, 1.82) is 0 Å². The number of halogens is 3. The maximum atomic E-state index is 12.9. The predicted molar refractivity (Wildman–Crippen MR) is 91.9 cm³/mol. The van der Waals surface area contributed by atoms with Gasteiger partial charge in [-0.15, -0.1) is 0 Å². The molecule has 2 aliphatic rings. The average Bonchev–Trinajstić information content (AvgIpc) is 2.63. The number of rotatable bonds is 4. The SMILES string of the molecule is O=C1CCCCN1CC(=O)N1CCOC(Cc2cccc(C(F)(F)F)c2)C1. The molecule has 2 saturated heterocycles. The van der Waals surface area contributed by atoms with Gasteiger partial charge in [0.2, 0.25) is 11.8 Å². The van der Waals surface area contributed by atoms with E-state index >= 15 is 0 Å². The molecular weight excluding hydrogens is 361 g/mol. The summed E-state index contributed by atoms with van der Waals surface area (Å²) in [6, 6.07) is 5.17. The molecule has 148 valence electrons. The van der Waals surface area contributed by atoms with E-state index in [9.17, 15) is 22.8 Å². The highest BCUT2D eigenvalue weighted by Gasteiger charge is 2.31. The summed E-state index contributed by atoms with van der Waals surface area (Å²) < 4.78 is 44.2. The fourth-order valence-electron chi connectivity index (χ4n) is 3.50. The maximum Gasteiger partial charge on any atom is 0.416 e. The number of alkyl halides is 3. The Morgan fingerprint density at radius 1 is 1.22 bits per heavy atom. The van der Waals surface area contributed by atoms with Gasteiger partial charge in [0.15, 0.2) is 0 Å². The van der Waals surface area contributed by atoms with Gasteiger partial charge in [-0.1, -0.05) is 18.2 Å². The lowest BCUT2D eigenvalue weighted by atomic mass is 10.0. The number of likely N-dealkylation sites (tertiary alicyclic amines) is 1. The molecule has 2 amide bonds. The topological polar surface area (TPSA) is 49.9 Å². The molecule has 1 aromatic rings. The standard InChI is InChI=1S/C19H23F3N2O3/c20-19(21,22)15-5-3-4-14(10-15)11-16-12-24(8-9-27-16)18(26)13-23-7-2-1-6-17(23)25/h3-5,10,16H,1-2,6-9,11-13H2. The van der Waals surface area contributed by atoms with Crippen molar-refractivity contribution in [3.05, 3.63) is 35.4 Å². The summed E-state index contributed by atoms with van der Waals surface area (Å²) in [7, 11) is 0. The average molecular weight is 384 g/mol. The van der Waals surface area contributed by atoms with Crippen LogP contribution in [-0.4, -0.2) is 60.5 Å². The number of carbonyl (C=O) groups excluding carboxylic acids is 2. The van der Waals surface area contributed by atoms with Gasteiger partial charge in [0, 0.05) is 32.5 Å². The summed E-state index contributed by atoms with van der Waals surface area (Å²) in [5.41, 5.74) is -0.164. The number of carbonyl (C=O) groups is 2. The summed E-state index contributed by atoms with van der Waals surface area (Å²) >= 11 is 0. The van der Waals surface area contributed by atoms with E-state index < -0.39 is 11.7 Å². The summed E-state index contributed by atoms with van der Waals surface area (Å²) in [6.07, 6.45) is -2.19. The number of morpholine rings is 1. The normalized spacial score (nSPS) is 21.4. The van der Waals surface area contributed by atoms with Gasteiger partial charge < -0.3 is 14.5 Å². The third-order valence-corrected chi connectivity index (χ3v) is 4.96. The smallest absolute Gasteiger partial charge is 0.374 e. The molecule has 3 rings (SSSR count). The van der Waals surface area contributed by atoms with Crippen LogP contribution in [-0.2, 0) is 26.9 Å². The van der Waals surface area contributed by atoms with Gasteiger partial charge in [0.05, 0.1) is 24.8 Å². The second-order valence-corrected chi connectivity index (χ2v) is 7.01. The molecule has 2 fully saturated rings. The molecule has 1 unspecified atom stereocenters. The van der Waals surface area contributed by atoms with Crippen molar-refractivity contribution in [1.82, 2.24) is 9.80 Å². The van der Waals surface area contributed by atoms with E-state index in [4.69, 9.17) is 4.74 Å². The van der Waals surface area contributed by atoms with E-state index in [0.29, 0.717) is 44.6 Å². The van der Waals surface area contributed by atoms with E-state index in [-0.39, 0.29) is 24.5 Å². The minimum absolute atomic E-state index is 0.00313. The Morgan fingerprint density at radius 2 is 2.04 bits per heavy atom. The predicted octanol–water partition coefficient (Wildman–Crippen LogP) is 2.49. The first-order valence-corrected chi connectivity index (χ1v) is 9.16. The zero-order valence-corrected chi connectivity index (χ0v) is 15.0. The van der Waals surface area contributed by atoms with Crippen molar-refractivity contribution in [3.8, 4) is 0 Å². The minimum atomic E-state index is -4.38. The quantitative estimate of drug-likeness (QED) is 0.802. The number of amides is 2. The van der Waals surface area contributed by atoms with E-state index in [0.717, 1.165) is 25.0 Å². The van der Waals surface area contributed by atoms with Gasteiger partial charge in [-0.2, -0.15) is 13.2 Å². The number of hydrogen-bond acceptors (Lipinski definition) is 3. The molecule has 0 bridgehead atoms. The summed E-state index contributed by atoms with van der Waals surface area (Å²) in [6.45, 7) is 1.75. The number of nitrogens with zero attached hydrogens (tertiary/aromatic N) is 2. The highest BCUT2D eigenvalue weighted by molar-refractivity contribution is 5.85. The highest BCUT2D eigenvalue weighted by atomic mass is 19.4. The number of piperidine rings is 1. The van der Waals surface area contributed by atoms with E-state index in [2.05, 4.69) is 0 Å². The van der Waals surface area contributed by atoms with Crippen molar-refractivity contribution >= 4 is 11.8 Å². The molecule has 0 radical (unpaired) electrons. The Kier molecular flexibility index (Phi) is 6.04. The number of ether oxygens (including phenoxy) is 1. The molecule has 8 heteroatoms. The molecule has 2 aliphatic heterocycles. The summed E-state index contributed by atoms with van der Waals surface area (Å²) in [5.74, 6) is -0.133. The van der Waals surface area contributed by atoms with Crippen LogP contribution < -0.4 is 0 Å². The molecule has 5 nitrogen and oxygen atoms in total.